The van der Waals surface area contributed by atoms with Crippen molar-refractivity contribution in [3.8, 4) is 0 Å². The van der Waals surface area contributed by atoms with E-state index in [0.717, 1.165) is 11.5 Å². The molecule has 0 aromatic heterocycles. The van der Waals surface area contributed by atoms with Crippen LogP contribution in [0.5, 0.6) is 0 Å². The molecule has 2 fully saturated rings. The van der Waals surface area contributed by atoms with Crippen LogP contribution >= 0.6 is 0 Å². The molecule has 0 spiro atoms. The van der Waals surface area contributed by atoms with Gasteiger partial charge in [0.15, 0.2) is 0 Å². The molecule has 1 aromatic rings. The molecule has 0 amide bonds. The van der Waals surface area contributed by atoms with E-state index in [1.807, 2.05) is 12.1 Å². The maximum absolute atomic E-state index is 9.29. The van der Waals surface area contributed by atoms with E-state index in [9.17, 15) is 5.11 Å². The van der Waals surface area contributed by atoms with Gasteiger partial charge >= 0.3 is 0 Å². The number of nitrogens with zero attached hydrogens (tertiary/aromatic N) is 1. The van der Waals surface area contributed by atoms with Gasteiger partial charge in [0.25, 0.3) is 0 Å². The van der Waals surface area contributed by atoms with Crippen LogP contribution in [0.2, 0.25) is 0 Å². The largest absolute Gasteiger partial charge is 0.392 e. The lowest BCUT2D eigenvalue weighted by Gasteiger charge is -2.35. The molecule has 3 rings (SSSR count). The van der Waals surface area contributed by atoms with Crippen LogP contribution in [0.1, 0.15) is 62.6 Å². The highest BCUT2D eigenvalue weighted by atomic mass is 16.3. The van der Waals surface area contributed by atoms with E-state index < -0.39 is 0 Å². The first-order chi connectivity index (χ1) is 11.2. The second-order valence-electron chi connectivity index (χ2n) is 7.52. The monoisotopic (exact) mass is 316 g/mol. The van der Waals surface area contributed by atoms with E-state index in [0.29, 0.717) is 12.1 Å². The minimum Gasteiger partial charge on any atom is -0.392 e. The van der Waals surface area contributed by atoms with E-state index >= 15 is 0 Å². The van der Waals surface area contributed by atoms with Crippen molar-refractivity contribution in [1.29, 1.82) is 0 Å². The molecule has 0 bridgehead atoms. The molecular formula is C20H32N2O. The summed E-state index contributed by atoms with van der Waals surface area (Å²) in [5.41, 5.74) is 2.28. The Balaban J connectivity index is 1.44. The van der Waals surface area contributed by atoms with Gasteiger partial charge in [0.1, 0.15) is 0 Å². The van der Waals surface area contributed by atoms with Crippen molar-refractivity contribution in [1.82, 2.24) is 10.2 Å². The van der Waals surface area contributed by atoms with Crippen molar-refractivity contribution in [3.63, 3.8) is 0 Å². The van der Waals surface area contributed by atoms with Crippen molar-refractivity contribution < 1.29 is 5.11 Å². The first-order valence-corrected chi connectivity index (χ1v) is 9.42. The van der Waals surface area contributed by atoms with Crippen molar-refractivity contribution in [2.45, 2.75) is 64.1 Å². The number of rotatable bonds is 6. The highest BCUT2D eigenvalue weighted by Gasteiger charge is 2.24. The summed E-state index contributed by atoms with van der Waals surface area (Å²) >= 11 is 0. The molecule has 1 heterocycles. The van der Waals surface area contributed by atoms with Crippen LogP contribution in [0, 0.1) is 5.92 Å². The predicted molar refractivity (Wildman–Crippen MR) is 95.3 cm³/mol. The first-order valence-electron chi connectivity index (χ1n) is 9.42. The Morgan fingerprint density at radius 2 is 1.91 bits per heavy atom. The molecule has 3 heteroatoms. The average molecular weight is 316 g/mol. The zero-order valence-electron chi connectivity index (χ0n) is 14.5. The molecule has 1 aromatic carbocycles. The number of likely N-dealkylation sites (tertiary alicyclic amines) is 1. The Morgan fingerprint density at radius 1 is 1.17 bits per heavy atom. The van der Waals surface area contributed by atoms with Gasteiger partial charge in [0.05, 0.1) is 6.61 Å². The van der Waals surface area contributed by atoms with Crippen LogP contribution in [0.25, 0.3) is 0 Å². The lowest BCUT2D eigenvalue weighted by molar-refractivity contribution is 0.168. The summed E-state index contributed by atoms with van der Waals surface area (Å²) in [6, 6.07) is 9.29. The number of aliphatic hydroxyl groups is 1. The number of piperidine rings is 1. The number of aliphatic hydroxyl groups excluding tert-OH is 1. The zero-order valence-corrected chi connectivity index (χ0v) is 14.5. The quantitative estimate of drug-likeness (QED) is 0.843. The van der Waals surface area contributed by atoms with Gasteiger partial charge in [-0.2, -0.15) is 0 Å². The molecule has 2 N–H and O–H groups in total. The number of hydrogen-bond acceptors (Lipinski definition) is 3. The lowest BCUT2D eigenvalue weighted by atomic mass is 9.99. The van der Waals surface area contributed by atoms with Crippen LogP contribution in [0.4, 0.5) is 0 Å². The summed E-state index contributed by atoms with van der Waals surface area (Å²) in [4.78, 5) is 2.69. The smallest absolute Gasteiger partial charge is 0.0681 e. The van der Waals surface area contributed by atoms with Gasteiger partial charge in [-0.05, 0) is 62.7 Å². The Kier molecular flexibility index (Phi) is 6.09. The fourth-order valence-electron chi connectivity index (χ4n) is 4.25. The molecule has 1 aliphatic heterocycles. The number of nitrogens with one attached hydrogen (secondary N) is 1. The van der Waals surface area contributed by atoms with Crippen LogP contribution in [0.15, 0.2) is 24.3 Å². The van der Waals surface area contributed by atoms with Gasteiger partial charge in [0.2, 0.25) is 0 Å². The topological polar surface area (TPSA) is 35.5 Å². The molecule has 1 saturated heterocycles. The maximum atomic E-state index is 9.29. The van der Waals surface area contributed by atoms with E-state index in [2.05, 4.69) is 29.3 Å². The summed E-state index contributed by atoms with van der Waals surface area (Å²) in [6.07, 6.45) is 8.33. The highest BCUT2D eigenvalue weighted by molar-refractivity contribution is 5.25. The molecule has 128 valence electrons. The van der Waals surface area contributed by atoms with E-state index in [4.69, 9.17) is 0 Å². The number of hydrogen-bond donors (Lipinski definition) is 2. The minimum atomic E-state index is 0.125. The fourth-order valence-corrected chi connectivity index (χ4v) is 4.25. The van der Waals surface area contributed by atoms with Crippen LogP contribution in [0.3, 0.4) is 0 Å². The third kappa shape index (κ3) is 4.79. The molecule has 23 heavy (non-hydrogen) atoms. The highest BCUT2D eigenvalue weighted by Crippen LogP contribution is 2.27. The molecule has 1 aliphatic carbocycles. The van der Waals surface area contributed by atoms with Crippen molar-refractivity contribution >= 4 is 0 Å². The van der Waals surface area contributed by atoms with E-state index in [1.54, 1.807) is 0 Å². The van der Waals surface area contributed by atoms with Crippen molar-refractivity contribution in [2.24, 2.45) is 5.92 Å². The second-order valence-corrected chi connectivity index (χ2v) is 7.52. The second kappa shape index (κ2) is 8.27. The number of benzene rings is 1. The van der Waals surface area contributed by atoms with Gasteiger partial charge in [-0.15, -0.1) is 0 Å². The third-order valence-electron chi connectivity index (χ3n) is 5.70. The summed E-state index contributed by atoms with van der Waals surface area (Å²) in [5.74, 6) is 0.972. The van der Waals surface area contributed by atoms with Gasteiger partial charge in [0, 0.05) is 18.6 Å². The third-order valence-corrected chi connectivity index (χ3v) is 5.70. The molecule has 1 atom stereocenters. The first kappa shape index (κ1) is 16.9. The molecule has 2 aliphatic rings. The summed E-state index contributed by atoms with van der Waals surface area (Å²) in [7, 11) is 0. The Labute approximate surface area is 141 Å². The van der Waals surface area contributed by atoms with Crippen molar-refractivity contribution in [2.75, 3.05) is 19.6 Å². The predicted octanol–water partition coefficient (Wildman–Crippen LogP) is 3.48. The summed E-state index contributed by atoms with van der Waals surface area (Å²) in [6.45, 7) is 6.19. The minimum absolute atomic E-state index is 0.125. The molecular weight excluding hydrogens is 284 g/mol. The van der Waals surface area contributed by atoms with Crippen LogP contribution < -0.4 is 5.32 Å². The lowest BCUT2D eigenvalue weighted by Crippen LogP contribution is -2.44. The molecule has 1 saturated carbocycles. The van der Waals surface area contributed by atoms with E-state index in [1.165, 1.54) is 63.7 Å². The van der Waals surface area contributed by atoms with Gasteiger partial charge in [-0.25, -0.2) is 0 Å². The SMILES string of the molecule is CC(NC1CCN(CC2CCCC2)CC1)c1cccc(CO)c1. The van der Waals surface area contributed by atoms with Crippen LogP contribution in [-0.4, -0.2) is 35.7 Å². The normalized spacial score (nSPS) is 22.5. The van der Waals surface area contributed by atoms with Gasteiger partial charge in [-0.3, -0.25) is 0 Å². The summed E-state index contributed by atoms with van der Waals surface area (Å²) < 4.78 is 0. The van der Waals surface area contributed by atoms with Gasteiger partial charge < -0.3 is 15.3 Å². The molecule has 1 unspecified atom stereocenters. The van der Waals surface area contributed by atoms with Crippen molar-refractivity contribution in [3.05, 3.63) is 35.4 Å². The zero-order chi connectivity index (χ0) is 16.1. The Hall–Kier alpha value is -0.900. The Morgan fingerprint density at radius 3 is 2.61 bits per heavy atom. The average Bonchev–Trinajstić information content (AvgIpc) is 3.09. The van der Waals surface area contributed by atoms with Crippen LogP contribution in [-0.2, 0) is 6.61 Å². The van der Waals surface area contributed by atoms with E-state index in [-0.39, 0.29) is 6.61 Å². The van der Waals surface area contributed by atoms with Gasteiger partial charge in [-0.1, -0.05) is 37.1 Å². The Bertz CT molecular complexity index is 476. The summed E-state index contributed by atoms with van der Waals surface area (Å²) in [5, 5.41) is 13.1. The molecule has 3 nitrogen and oxygen atoms in total. The standard InChI is InChI=1S/C20H32N2O/c1-16(19-8-4-7-18(13-19)15-23)21-20-9-11-22(12-10-20)14-17-5-2-3-6-17/h4,7-8,13,16-17,20-21,23H,2-3,5-6,9-12,14-15H2,1H3. The maximum Gasteiger partial charge on any atom is 0.0681 e. The fraction of sp³-hybridized carbons (Fsp3) is 0.700. The molecule has 0 radical (unpaired) electrons.